The zero-order valence-electron chi connectivity index (χ0n) is 11.2. The Bertz CT molecular complexity index is 424. The fraction of sp³-hybridized carbons (Fsp3) is 0.625. The molecule has 0 bridgehead atoms. The minimum absolute atomic E-state index is 0.403. The van der Waals surface area contributed by atoms with Crippen molar-refractivity contribution < 1.29 is 0 Å². The fourth-order valence-corrected chi connectivity index (χ4v) is 2.81. The summed E-state index contributed by atoms with van der Waals surface area (Å²) in [6.45, 7) is 8.19. The predicted molar refractivity (Wildman–Crippen MR) is 73.6 cm³/mol. The van der Waals surface area contributed by atoms with Crippen LogP contribution in [0.5, 0.6) is 0 Å². The number of fused-ring (bicyclic) bond motifs is 1. The van der Waals surface area contributed by atoms with Gasteiger partial charge in [-0.1, -0.05) is 32.9 Å². The maximum absolute atomic E-state index is 3.61. The molecule has 1 N–H and O–H groups in total. The molecule has 1 aromatic carbocycles. The molecule has 1 atom stereocenters. The van der Waals surface area contributed by atoms with Crippen molar-refractivity contribution in [3.05, 3.63) is 29.3 Å². The van der Waals surface area contributed by atoms with E-state index in [2.05, 4.69) is 44.3 Å². The second kappa shape index (κ2) is 3.76. The quantitative estimate of drug-likeness (QED) is 0.761. The van der Waals surface area contributed by atoms with Crippen LogP contribution in [-0.2, 0) is 6.42 Å². The zero-order valence-corrected chi connectivity index (χ0v) is 11.2. The number of benzene rings is 1. The molecule has 1 saturated carbocycles. The van der Waals surface area contributed by atoms with E-state index in [9.17, 15) is 0 Å². The summed E-state index contributed by atoms with van der Waals surface area (Å²) < 4.78 is 0. The number of hydrogen-bond acceptors (Lipinski definition) is 1. The number of hydrogen-bond donors (Lipinski definition) is 1. The van der Waals surface area contributed by atoms with E-state index in [1.807, 2.05) is 0 Å². The third-order valence-corrected chi connectivity index (χ3v) is 4.41. The first kappa shape index (κ1) is 11.1. The normalized spacial score (nSPS) is 24.1. The van der Waals surface area contributed by atoms with E-state index in [0.29, 0.717) is 5.41 Å². The van der Waals surface area contributed by atoms with Crippen LogP contribution in [-0.4, -0.2) is 6.54 Å². The van der Waals surface area contributed by atoms with Crippen molar-refractivity contribution in [2.24, 2.45) is 11.3 Å². The molecular formula is C16H23N. The Morgan fingerprint density at radius 1 is 1.18 bits per heavy atom. The molecule has 0 aromatic heterocycles. The maximum Gasteiger partial charge on any atom is 0.0373 e. The topological polar surface area (TPSA) is 12.0 Å². The van der Waals surface area contributed by atoms with Gasteiger partial charge in [-0.3, -0.25) is 0 Å². The molecule has 0 spiro atoms. The summed E-state index contributed by atoms with van der Waals surface area (Å²) in [6.07, 6.45) is 4.04. The third kappa shape index (κ3) is 2.20. The lowest BCUT2D eigenvalue weighted by molar-refractivity contribution is 0.247. The molecule has 1 aromatic rings. The van der Waals surface area contributed by atoms with Gasteiger partial charge in [0.25, 0.3) is 0 Å². The van der Waals surface area contributed by atoms with Gasteiger partial charge in [0.2, 0.25) is 0 Å². The van der Waals surface area contributed by atoms with E-state index in [1.165, 1.54) is 24.9 Å². The van der Waals surface area contributed by atoms with Gasteiger partial charge >= 0.3 is 0 Å². The average Bonchev–Trinajstić information content (AvgIpc) is 3.10. The molecule has 1 heterocycles. The maximum atomic E-state index is 3.61. The Balaban J connectivity index is 1.86. The van der Waals surface area contributed by atoms with E-state index < -0.39 is 0 Å². The van der Waals surface area contributed by atoms with Gasteiger partial charge in [0.1, 0.15) is 0 Å². The smallest absolute Gasteiger partial charge is 0.0373 e. The molecule has 0 radical (unpaired) electrons. The number of nitrogens with one attached hydrogen (secondary N) is 1. The van der Waals surface area contributed by atoms with Gasteiger partial charge in [-0.05, 0) is 53.7 Å². The number of rotatable bonds is 1. The van der Waals surface area contributed by atoms with Crippen molar-refractivity contribution in [2.75, 3.05) is 11.9 Å². The molecule has 17 heavy (non-hydrogen) atoms. The summed E-state index contributed by atoms with van der Waals surface area (Å²) in [4.78, 5) is 0. The Morgan fingerprint density at radius 2 is 1.94 bits per heavy atom. The van der Waals surface area contributed by atoms with Crippen LogP contribution < -0.4 is 5.32 Å². The second-order valence-corrected chi connectivity index (χ2v) is 6.84. The van der Waals surface area contributed by atoms with Gasteiger partial charge in [0.15, 0.2) is 0 Å². The van der Waals surface area contributed by atoms with Crippen molar-refractivity contribution in [2.45, 2.75) is 46.0 Å². The van der Waals surface area contributed by atoms with Gasteiger partial charge in [0, 0.05) is 12.2 Å². The second-order valence-electron chi connectivity index (χ2n) is 6.84. The van der Waals surface area contributed by atoms with Crippen LogP contribution >= 0.6 is 0 Å². The summed E-state index contributed by atoms with van der Waals surface area (Å²) >= 11 is 0. The molecule has 92 valence electrons. The van der Waals surface area contributed by atoms with Gasteiger partial charge in [0.05, 0.1) is 0 Å². The van der Waals surface area contributed by atoms with Crippen molar-refractivity contribution in [1.82, 2.24) is 0 Å². The lowest BCUT2D eigenvalue weighted by Gasteiger charge is -2.35. The molecule has 2 aliphatic rings. The first-order valence-corrected chi connectivity index (χ1v) is 6.91. The molecule has 1 nitrogen and oxygen atoms in total. The Hall–Kier alpha value is -0.980. The monoisotopic (exact) mass is 229 g/mol. The average molecular weight is 229 g/mol. The van der Waals surface area contributed by atoms with Gasteiger partial charge < -0.3 is 5.32 Å². The standard InChI is InChI=1S/C16H23N/c1-16(2,3)14-9-13-8-12(11-4-5-11)6-7-15(13)17-10-14/h6-8,11,14,17H,4-5,9-10H2,1-3H3. The number of anilines is 1. The van der Waals surface area contributed by atoms with E-state index in [4.69, 9.17) is 0 Å². The van der Waals surface area contributed by atoms with Crippen LogP contribution in [0.4, 0.5) is 5.69 Å². The molecule has 1 heteroatoms. The highest BCUT2D eigenvalue weighted by atomic mass is 14.9. The fourth-order valence-electron chi connectivity index (χ4n) is 2.81. The van der Waals surface area contributed by atoms with Crippen LogP contribution in [0.25, 0.3) is 0 Å². The van der Waals surface area contributed by atoms with Crippen LogP contribution in [0.3, 0.4) is 0 Å². The molecule has 0 amide bonds. The highest BCUT2D eigenvalue weighted by Crippen LogP contribution is 2.42. The molecule has 1 aliphatic heterocycles. The van der Waals surface area contributed by atoms with E-state index in [0.717, 1.165) is 18.4 Å². The van der Waals surface area contributed by atoms with E-state index in [1.54, 1.807) is 11.1 Å². The molecule has 0 saturated heterocycles. The Labute approximate surface area is 105 Å². The lowest BCUT2D eigenvalue weighted by Crippen LogP contribution is -2.33. The third-order valence-electron chi connectivity index (χ3n) is 4.41. The molecule has 1 unspecified atom stereocenters. The largest absolute Gasteiger partial charge is 0.385 e. The van der Waals surface area contributed by atoms with Gasteiger partial charge in [-0.2, -0.15) is 0 Å². The minimum Gasteiger partial charge on any atom is -0.385 e. The SMILES string of the molecule is CC(C)(C)C1CNc2ccc(C3CC3)cc2C1. The Morgan fingerprint density at radius 3 is 2.59 bits per heavy atom. The van der Waals surface area contributed by atoms with Gasteiger partial charge in [-0.25, -0.2) is 0 Å². The molecule has 3 rings (SSSR count). The van der Waals surface area contributed by atoms with Crippen LogP contribution in [0.2, 0.25) is 0 Å². The van der Waals surface area contributed by atoms with Crippen LogP contribution in [0.1, 0.15) is 50.7 Å². The summed E-state index contributed by atoms with van der Waals surface area (Å²) in [7, 11) is 0. The summed E-state index contributed by atoms with van der Waals surface area (Å²) in [5.41, 5.74) is 4.89. The highest BCUT2D eigenvalue weighted by molar-refractivity contribution is 5.55. The van der Waals surface area contributed by atoms with Crippen molar-refractivity contribution in [3.63, 3.8) is 0 Å². The van der Waals surface area contributed by atoms with Crippen LogP contribution in [0, 0.1) is 11.3 Å². The Kier molecular flexibility index (Phi) is 2.46. The summed E-state index contributed by atoms with van der Waals surface area (Å²) in [5, 5.41) is 3.61. The first-order valence-electron chi connectivity index (χ1n) is 6.91. The zero-order chi connectivity index (χ0) is 12.0. The van der Waals surface area contributed by atoms with E-state index >= 15 is 0 Å². The summed E-state index contributed by atoms with van der Waals surface area (Å²) in [6, 6.07) is 7.07. The van der Waals surface area contributed by atoms with Crippen molar-refractivity contribution >= 4 is 5.69 Å². The van der Waals surface area contributed by atoms with Gasteiger partial charge in [-0.15, -0.1) is 0 Å². The van der Waals surface area contributed by atoms with Crippen molar-refractivity contribution in [1.29, 1.82) is 0 Å². The minimum atomic E-state index is 0.403. The molecule has 1 fully saturated rings. The van der Waals surface area contributed by atoms with E-state index in [-0.39, 0.29) is 0 Å². The molecular weight excluding hydrogens is 206 g/mol. The first-order chi connectivity index (χ1) is 8.04. The van der Waals surface area contributed by atoms with Crippen LogP contribution in [0.15, 0.2) is 18.2 Å². The van der Waals surface area contributed by atoms with Crippen molar-refractivity contribution in [3.8, 4) is 0 Å². The lowest BCUT2D eigenvalue weighted by atomic mass is 9.75. The summed E-state index contributed by atoms with van der Waals surface area (Å²) in [5.74, 6) is 1.62. The molecule has 1 aliphatic carbocycles. The highest BCUT2D eigenvalue weighted by Gasteiger charge is 2.30. The predicted octanol–water partition coefficient (Wildman–Crippen LogP) is 4.19.